The molecule has 31 heavy (non-hydrogen) atoms. The predicted octanol–water partition coefficient (Wildman–Crippen LogP) is 3.25. The number of esters is 1. The second kappa shape index (κ2) is 6.88. The van der Waals surface area contributed by atoms with Gasteiger partial charge in [-0.1, -0.05) is 26.8 Å². The molecule has 0 aromatic heterocycles. The van der Waals surface area contributed by atoms with E-state index < -0.39 is 63.4 Å². The van der Waals surface area contributed by atoms with Crippen molar-refractivity contribution in [2.45, 2.75) is 63.0 Å². The molecule has 8 atom stereocenters. The Morgan fingerprint density at radius 3 is 2.71 bits per heavy atom. The Bertz CT molecular complexity index is 966. The van der Waals surface area contributed by atoms with Gasteiger partial charge in [0.05, 0.1) is 18.1 Å². The summed E-state index contributed by atoms with van der Waals surface area (Å²) >= 11 is 7.27. The molecule has 0 amide bonds. The smallest absolute Gasteiger partial charge is 0.351 e. The minimum absolute atomic E-state index is 0.0172. The third-order valence-corrected chi connectivity index (χ3v) is 9.82. The number of hydrogen-bond donors (Lipinski definition) is 1. The first kappa shape index (κ1) is 21.1. The number of carbonyl (C=O) groups is 3. The van der Waals surface area contributed by atoms with Crippen molar-refractivity contribution in [3.8, 4) is 0 Å². The summed E-state index contributed by atoms with van der Waals surface area (Å²) in [6.45, 7) is 5.19. The summed E-state index contributed by atoms with van der Waals surface area (Å²) in [7, 11) is 1.18. The molecule has 0 heterocycles. The molecule has 2 fully saturated rings. The minimum atomic E-state index is -1.80. The van der Waals surface area contributed by atoms with Crippen LogP contribution < -0.4 is 0 Å². The fourth-order valence-electron chi connectivity index (χ4n) is 7.41. The number of ether oxygens (including phenoxy) is 2. The summed E-state index contributed by atoms with van der Waals surface area (Å²) in [6.07, 6.45) is 0.567. The average Bonchev–Trinajstić information content (AvgIpc) is 2.92. The molecule has 0 aromatic carbocycles. The number of methoxy groups -OCH3 is 1. The number of ketones is 1. The van der Waals surface area contributed by atoms with Gasteiger partial charge in [0, 0.05) is 29.6 Å². The molecule has 1 N–H and O–H groups in total. The van der Waals surface area contributed by atoms with E-state index in [1.165, 1.54) is 13.2 Å². The van der Waals surface area contributed by atoms with Gasteiger partial charge in [0.15, 0.2) is 7.15 Å². The lowest BCUT2D eigenvalue weighted by molar-refractivity contribution is -0.207. The molecule has 2 unspecified atom stereocenters. The number of carbonyl (C=O) groups excluding carboxylic acids is 3. The van der Waals surface area contributed by atoms with E-state index in [4.69, 9.17) is 22.4 Å². The SMILES string of the molecule is [3H]C(=O)O[C@]1(C(=O)OC)[C@H](C)CC2C3CC(F)=C4CC(=O)C=C[C@]4(C)[C@@]3(Cl)[C@@H](O)C[C@@]21C. The molecule has 0 spiro atoms. The van der Waals surface area contributed by atoms with Gasteiger partial charge < -0.3 is 14.6 Å². The number of rotatable bonds is 2. The van der Waals surface area contributed by atoms with E-state index in [1.807, 2.05) is 0 Å². The first-order valence-electron chi connectivity index (χ1n) is 11.0. The third kappa shape index (κ3) is 2.45. The first-order valence-corrected chi connectivity index (χ1v) is 10.9. The Hall–Kier alpha value is -1.73. The van der Waals surface area contributed by atoms with Crippen LogP contribution in [0.3, 0.4) is 0 Å². The van der Waals surface area contributed by atoms with Crippen LogP contribution in [0.15, 0.2) is 23.6 Å². The normalized spacial score (nSPS) is 49.0. The van der Waals surface area contributed by atoms with Crippen molar-refractivity contribution in [1.29, 1.82) is 0 Å². The second-order valence-electron chi connectivity index (χ2n) is 9.93. The molecular weight excluding hydrogens is 427 g/mol. The molecule has 4 aliphatic carbocycles. The number of allylic oxidation sites excluding steroid dienone is 4. The lowest BCUT2D eigenvalue weighted by Crippen LogP contribution is -2.69. The fourth-order valence-corrected chi connectivity index (χ4v) is 7.89. The Morgan fingerprint density at radius 1 is 1.42 bits per heavy atom. The van der Waals surface area contributed by atoms with E-state index in [1.54, 1.807) is 26.8 Å². The summed E-state index contributed by atoms with van der Waals surface area (Å²) in [5.74, 6) is -3.01. The summed E-state index contributed by atoms with van der Waals surface area (Å²) in [4.78, 5) is 35.5. The fraction of sp³-hybridized carbons (Fsp3) is 0.696. The van der Waals surface area contributed by atoms with Crippen LogP contribution >= 0.6 is 11.6 Å². The van der Waals surface area contributed by atoms with Crippen LogP contribution in [-0.2, 0) is 23.9 Å². The molecule has 0 radical (unpaired) electrons. The first-order chi connectivity index (χ1) is 14.8. The van der Waals surface area contributed by atoms with Crippen LogP contribution in [0.5, 0.6) is 0 Å². The summed E-state index contributed by atoms with van der Waals surface area (Å²) in [5.41, 5.74) is -3.74. The molecule has 6 nitrogen and oxygen atoms in total. The zero-order valence-electron chi connectivity index (χ0n) is 19.0. The van der Waals surface area contributed by atoms with Gasteiger partial charge in [-0.15, -0.1) is 11.6 Å². The average molecular weight is 457 g/mol. The maximum Gasteiger partial charge on any atom is 0.351 e. The Morgan fingerprint density at radius 2 is 2.10 bits per heavy atom. The van der Waals surface area contributed by atoms with Gasteiger partial charge in [-0.3, -0.25) is 9.59 Å². The van der Waals surface area contributed by atoms with Crippen LogP contribution in [-0.4, -0.2) is 47.0 Å². The molecule has 2 saturated carbocycles. The molecule has 0 aromatic rings. The van der Waals surface area contributed by atoms with E-state index in [0.717, 1.165) is 0 Å². The molecule has 0 saturated heterocycles. The van der Waals surface area contributed by atoms with E-state index in [0.29, 0.717) is 12.0 Å². The summed E-state index contributed by atoms with van der Waals surface area (Å²) in [5, 5.41) is 11.5. The maximum atomic E-state index is 15.5. The zero-order valence-corrected chi connectivity index (χ0v) is 18.8. The second-order valence-corrected chi connectivity index (χ2v) is 10.6. The lowest BCUT2D eigenvalue weighted by atomic mass is 9.46. The standard InChI is InChI=1S/C23H28ClFO6/c1-12-7-14-15-9-17(25)16-8-13(27)5-6-20(16,2)22(15,24)18(28)10-21(14,3)23(12,31-11-26)19(29)30-4/h5-6,11-12,14-15,18,28H,7-10H2,1-4H3/t12-,14?,15?,18+,20+,21+,22+,23+/m1/s1/i11T. The summed E-state index contributed by atoms with van der Waals surface area (Å²) in [6, 6.07) is 0. The molecular formula is C23H28ClFO6. The van der Waals surface area contributed by atoms with Crippen molar-refractivity contribution >= 4 is 29.8 Å². The zero-order chi connectivity index (χ0) is 23.9. The summed E-state index contributed by atoms with van der Waals surface area (Å²) < 4.78 is 33.3. The number of aliphatic hydroxyl groups excluding tert-OH is 1. The van der Waals surface area contributed by atoms with Gasteiger partial charge >= 0.3 is 5.97 Å². The number of hydrogen-bond acceptors (Lipinski definition) is 6. The quantitative estimate of drug-likeness (QED) is 0.389. The van der Waals surface area contributed by atoms with E-state index in [-0.39, 0.29) is 25.0 Å². The van der Waals surface area contributed by atoms with Crippen LogP contribution in [0.4, 0.5) is 4.39 Å². The van der Waals surface area contributed by atoms with Gasteiger partial charge in [-0.2, -0.15) is 0 Å². The number of halogens is 2. The molecule has 0 aliphatic heterocycles. The highest BCUT2D eigenvalue weighted by Gasteiger charge is 2.77. The van der Waals surface area contributed by atoms with Crippen molar-refractivity contribution in [2.75, 3.05) is 7.11 Å². The van der Waals surface area contributed by atoms with Crippen LogP contribution in [0, 0.1) is 28.6 Å². The van der Waals surface area contributed by atoms with Crippen molar-refractivity contribution in [3.63, 3.8) is 0 Å². The molecule has 4 aliphatic rings. The van der Waals surface area contributed by atoms with E-state index in [2.05, 4.69) is 0 Å². The van der Waals surface area contributed by atoms with E-state index in [9.17, 15) is 19.5 Å². The van der Waals surface area contributed by atoms with Crippen LogP contribution in [0.1, 0.15) is 47.8 Å². The van der Waals surface area contributed by atoms with Gasteiger partial charge in [0.25, 0.3) is 6.45 Å². The maximum absolute atomic E-state index is 15.5. The van der Waals surface area contributed by atoms with Crippen molar-refractivity contribution in [1.82, 2.24) is 0 Å². The molecule has 8 heteroatoms. The van der Waals surface area contributed by atoms with Gasteiger partial charge in [-0.25, -0.2) is 9.18 Å². The monoisotopic (exact) mass is 456 g/mol. The molecule has 170 valence electrons. The molecule has 4 rings (SSSR count). The van der Waals surface area contributed by atoms with Gasteiger partial charge in [-0.05, 0) is 36.3 Å². The Kier molecular flexibility index (Phi) is 4.69. The highest BCUT2D eigenvalue weighted by atomic mass is 35.5. The van der Waals surface area contributed by atoms with E-state index >= 15 is 4.39 Å². The number of alkyl halides is 1. The van der Waals surface area contributed by atoms with Crippen molar-refractivity contribution in [3.05, 3.63) is 23.6 Å². The van der Waals surface area contributed by atoms with Crippen molar-refractivity contribution in [2.24, 2.45) is 28.6 Å². The third-order valence-electron chi connectivity index (χ3n) is 8.89. The molecule has 0 bridgehead atoms. The van der Waals surface area contributed by atoms with Crippen LogP contribution in [0.2, 0.25) is 0 Å². The predicted molar refractivity (Wildman–Crippen MR) is 110 cm³/mol. The number of aliphatic hydroxyl groups is 1. The number of fused-ring (bicyclic) bond motifs is 5. The van der Waals surface area contributed by atoms with Crippen LogP contribution in [0.25, 0.3) is 0 Å². The van der Waals surface area contributed by atoms with Crippen molar-refractivity contribution < 1.29 is 34.7 Å². The Labute approximate surface area is 187 Å². The minimum Gasteiger partial charge on any atom is -0.466 e. The van der Waals surface area contributed by atoms with Gasteiger partial charge in [0.2, 0.25) is 5.60 Å². The van der Waals surface area contributed by atoms with Gasteiger partial charge in [0.1, 0.15) is 5.83 Å². The lowest BCUT2D eigenvalue weighted by Gasteiger charge is -2.63. The largest absolute Gasteiger partial charge is 0.466 e. The Balaban J connectivity index is 1.91. The highest BCUT2D eigenvalue weighted by molar-refractivity contribution is 6.26. The highest BCUT2D eigenvalue weighted by Crippen LogP contribution is 2.72. The topological polar surface area (TPSA) is 89.9 Å².